The Labute approximate surface area is 140 Å². The number of furan rings is 1. The van der Waals surface area contributed by atoms with E-state index in [0.717, 1.165) is 22.7 Å². The minimum absolute atomic E-state index is 0.100. The molecular formula is C18H21N3O3. The first-order chi connectivity index (χ1) is 11.2. The van der Waals surface area contributed by atoms with Crippen molar-refractivity contribution in [2.45, 2.75) is 40.2 Å². The van der Waals surface area contributed by atoms with Crippen LogP contribution in [0.15, 0.2) is 28.7 Å². The van der Waals surface area contributed by atoms with E-state index < -0.39 is 5.97 Å². The number of aromatic carboxylic acids is 1. The second-order valence-corrected chi connectivity index (χ2v) is 7.02. The number of fused-ring (bicyclic) bond motifs is 1. The van der Waals surface area contributed by atoms with Gasteiger partial charge in [-0.3, -0.25) is 4.40 Å². The number of nitrogens with zero attached hydrogens (tertiary/aromatic N) is 2. The summed E-state index contributed by atoms with van der Waals surface area (Å²) in [6.45, 7) is 10.2. The molecule has 24 heavy (non-hydrogen) atoms. The molecule has 0 aromatic carbocycles. The Bertz CT molecular complexity index is 929. The van der Waals surface area contributed by atoms with Crippen LogP contribution in [0, 0.1) is 13.8 Å². The fraction of sp³-hybridized carbons (Fsp3) is 0.333. The lowest BCUT2D eigenvalue weighted by atomic mass is 10.1. The molecule has 0 aliphatic heterocycles. The third-order valence-electron chi connectivity index (χ3n) is 3.59. The predicted molar refractivity (Wildman–Crippen MR) is 92.7 cm³/mol. The summed E-state index contributed by atoms with van der Waals surface area (Å²) in [5.74, 6) is 0.0280. The number of hydrogen-bond donors (Lipinski definition) is 2. The Balaban J connectivity index is 2.27. The zero-order valence-corrected chi connectivity index (χ0v) is 14.5. The van der Waals surface area contributed by atoms with E-state index in [0.29, 0.717) is 11.5 Å². The largest absolute Gasteiger partial charge is 0.475 e. The van der Waals surface area contributed by atoms with E-state index in [1.165, 1.54) is 6.07 Å². The van der Waals surface area contributed by atoms with Crippen molar-refractivity contribution in [3.05, 3.63) is 41.3 Å². The second kappa shape index (κ2) is 5.40. The summed E-state index contributed by atoms with van der Waals surface area (Å²) in [7, 11) is 0. The molecule has 3 aromatic rings. The van der Waals surface area contributed by atoms with Gasteiger partial charge in [-0.25, -0.2) is 9.78 Å². The fourth-order valence-electron chi connectivity index (χ4n) is 2.75. The Morgan fingerprint density at radius 1 is 1.25 bits per heavy atom. The first-order valence-electron chi connectivity index (χ1n) is 7.77. The van der Waals surface area contributed by atoms with E-state index in [-0.39, 0.29) is 11.3 Å². The summed E-state index contributed by atoms with van der Waals surface area (Å²) >= 11 is 0. The highest BCUT2D eigenvalue weighted by Crippen LogP contribution is 2.33. The van der Waals surface area contributed by atoms with Crippen LogP contribution in [-0.4, -0.2) is 26.0 Å². The second-order valence-electron chi connectivity index (χ2n) is 7.02. The van der Waals surface area contributed by atoms with Crippen LogP contribution in [0.4, 0.5) is 5.82 Å². The average Bonchev–Trinajstić information content (AvgIpc) is 3.01. The molecule has 6 heteroatoms. The lowest BCUT2D eigenvalue weighted by Gasteiger charge is -2.23. The number of nitrogens with one attached hydrogen (secondary N) is 1. The van der Waals surface area contributed by atoms with Gasteiger partial charge in [0, 0.05) is 11.2 Å². The third-order valence-corrected chi connectivity index (χ3v) is 3.59. The van der Waals surface area contributed by atoms with Gasteiger partial charge in [0.25, 0.3) is 0 Å². The Hall–Kier alpha value is -2.76. The molecule has 0 saturated heterocycles. The third kappa shape index (κ3) is 2.87. The maximum absolute atomic E-state index is 11.1. The zero-order valence-electron chi connectivity index (χ0n) is 14.5. The van der Waals surface area contributed by atoms with Crippen molar-refractivity contribution in [3.8, 4) is 11.5 Å². The molecule has 0 atom stereocenters. The molecule has 0 fully saturated rings. The van der Waals surface area contributed by atoms with Gasteiger partial charge in [-0.05, 0) is 64.4 Å². The Morgan fingerprint density at radius 2 is 1.96 bits per heavy atom. The maximum Gasteiger partial charge on any atom is 0.371 e. The fourth-order valence-corrected chi connectivity index (χ4v) is 2.75. The number of aryl methyl sites for hydroxylation is 2. The number of aromatic nitrogens is 2. The topological polar surface area (TPSA) is 79.8 Å². The van der Waals surface area contributed by atoms with Crippen LogP contribution in [0.5, 0.6) is 0 Å². The van der Waals surface area contributed by atoms with Gasteiger partial charge >= 0.3 is 5.97 Å². The van der Waals surface area contributed by atoms with Gasteiger partial charge in [-0.1, -0.05) is 0 Å². The van der Waals surface area contributed by atoms with E-state index in [1.807, 2.05) is 24.3 Å². The Morgan fingerprint density at radius 3 is 2.54 bits per heavy atom. The predicted octanol–water partition coefficient (Wildman–Crippen LogP) is 4.12. The highest BCUT2D eigenvalue weighted by atomic mass is 16.4. The van der Waals surface area contributed by atoms with Crippen molar-refractivity contribution in [1.29, 1.82) is 0 Å². The summed E-state index contributed by atoms with van der Waals surface area (Å²) in [5, 5.41) is 12.5. The zero-order chi connectivity index (χ0) is 17.6. The number of carboxylic acids is 1. The van der Waals surface area contributed by atoms with Crippen LogP contribution in [-0.2, 0) is 0 Å². The maximum atomic E-state index is 11.1. The van der Waals surface area contributed by atoms with Gasteiger partial charge in [-0.15, -0.1) is 0 Å². The number of carboxylic acid groups (broad SMARTS) is 1. The molecule has 0 aliphatic carbocycles. The smallest absolute Gasteiger partial charge is 0.371 e. The number of imidazole rings is 1. The summed E-state index contributed by atoms with van der Waals surface area (Å²) in [6, 6.07) is 7.16. The van der Waals surface area contributed by atoms with E-state index in [9.17, 15) is 4.79 Å². The molecule has 3 heterocycles. The summed E-state index contributed by atoms with van der Waals surface area (Å²) < 4.78 is 7.49. The van der Waals surface area contributed by atoms with E-state index in [4.69, 9.17) is 9.52 Å². The molecule has 0 amide bonds. The van der Waals surface area contributed by atoms with Crippen LogP contribution in [0.3, 0.4) is 0 Å². The summed E-state index contributed by atoms with van der Waals surface area (Å²) in [5.41, 5.74) is 3.36. The molecule has 0 radical (unpaired) electrons. The lowest BCUT2D eigenvalue weighted by molar-refractivity contribution is 0.0663. The molecule has 0 saturated carbocycles. The molecule has 126 valence electrons. The van der Waals surface area contributed by atoms with Crippen molar-refractivity contribution in [3.63, 3.8) is 0 Å². The highest BCUT2D eigenvalue weighted by Gasteiger charge is 2.23. The van der Waals surface area contributed by atoms with Crippen molar-refractivity contribution in [2.24, 2.45) is 0 Å². The first kappa shape index (κ1) is 16.1. The standard InChI is InChI=1S/C18H21N3O3/c1-10-8-11(2)21-14(9-10)19-15(16(21)20-18(3,4)5)12-6-7-13(24-12)17(22)23/h6-9,20H,1-5H3,(H,22,23). The summed E-state index contributed by atoms with van der Waals surface area (Å²) in [4.78, 5) is 15.8. The molecule has 2 N–H and O–H groups in total. The number of anilines is 1. The minimum atomic E-state index is -1.10. The van der Waals surface area contributed by atoms with Gasteiger partial charge in [0.05, 0.1) is 0 Å². The van der Waals surface area contributed by atoms with Crippen molar-refractivity contribution >= 4 is 17.4 Å². The van der Waals surface area contributed by atoms with E-state index >= 15 is 0 Å². The normalized spacial score (nSPS) is 11.9. The number of hydrogen-bond acceptors (Lipinski definition) is 4. The van der Waals surface area contributed by atoms with Gasteiger partial charge in [-0.2, -0.15) is 0 Å². The highest BCUT2D eigenvalue weighted by molar-refractivity contribution is 5.86. The molecule has 0 spiro atoms. The van der Waals surface area contributed by atoms with Crippen LogP contribution in [0.2, 0.25) is 0 Å². The number of pyridine rings is 1. The lowest BCUT2D eigenvalue weighted by Crippen LogP contribution is -2.27. The molecular weight excluding hydrogens is 306 g/mol. The molecule has 0 bridgehead atoms. The van der Waals surface area contributed by atoms with Crippen molar-refractivity contribution < 1.29 is 14.3 Å². The van der Waals surface area contributed by atoms with Crippen LogP contribution in [0.25, 0.3) is 17.1 Å². The van der Waals surface area contributed by atoms with Crippen molar-refractivity contribution in [2.75, 3.05) is 5.32 Å². The average molecular weight is 327 g/mol. The monoisotopic (exact) mass is 327 g/mol. The molecule has 3 rings (SSSR count). The van der Waals surface area contributed by atoms with E-state index in [1.54, 1.807) is 6.07 Å². The molecule has 6 nitrogen and oxygen atoms in total. The van der Waals surface area contributed by atoms with Crippen LogP contribution >= 0.6 is 0 Å². The summed E-state index contributed by atoms with van der Waals surface area (Å²) in [6.07, 6.45) is 0. The van der Waals surface area contributed by atoms with Gasteiger partial charge < -0.3 is 14.8 Å². The van der Waals surface area contributed by atoms with Gasteiger partial charge in [0.15, 0.2) is 5.76 Å². The van der Waals surface area contributed by atoms with Crippen molar-refractivity contribution in [1.82, 2.24) is 9.38 Å². The first-order valence-corrected chi connectivity index (χ1v) is 7.77. The molecule has 0 aliphatic rings. The minimum Gasteiger partial charge on any atom is -0.475 e. The number of rotatable bonds is 3. The molecule has 0 unspecified atom stereocenters. The van der Waals surface area contributed by atoms with Gasteiger partial charge in [0.2, 0.25) is 5.76 Å². The van der Waals surface area contributed by atoms with Gasteiger partial charge in [0.1, 0.15) is 17.2 Å². The van der Waals surface area contributed by atoms with Crippen LogP contribution < -0.4 is 5.32 Å². The Kier molecular flexibility index (Phi) is 3.63. The SMILES string of the molecule is Cc1cc(C)n2c(NC(C)(C)C)c(-c3ccc(C(=O)O)o3)nc2c1. The van der Waals surface area contributed by atoms with Crippen LogP contribution in [0.1, 0.15) is 42.6 Å². The number of carbonyl (C=O) groups is 1. The van der Waals surface area contributed by atoms with E-state index in [2.05, 4.69) is 37.1 Å². The molecule has 3 aromatic heterocycles. The quantitative estimate of drug-likeness (QED) is 0.756.